The van der Waals surface area contributed by atoms with Crippen LogP contribution in [0.1, 0.15) is 5.56 Å². The molecular weight excluding hydrogens is 477 g/mol. The molecule has 4 aromatic rings. The molecule has 0 unspecified atom stereocenters. The van der Waals surface area contributed by atoms with Crippen LogP contribution in [0.4, 0.5) is 0 Å². The molecule has 5 nitrogen and oxygen atoms in total. The van der Waals surface area contributed by atoms with Crippen molar-refractivity contribution in [2.24, 2.45) is 0 Å². The number of benzene rings is 2. The van der Waals surface area contributed by atoms with Crippen molar-refractivity contribution in [3.05, 3.63) is 75.1 Å². The van der Waals surface area contributed by atoms with Crippen LogP contribution in [0, 0.1) is 3.70 Å². The van der Waals surface area contributed by atoms with E-state index in [9.17, 15) is 0 Å². The summed E-state index contributed by atoms with van der Waals surface area (Å²) in [4.78, 5) is 4.52. The summed E-state index contributed by atoms with van der Waals surface area (Å²) in [6, 6.07) is 17.0. The van der Waals surface area contributed by atoms with Crippen LogP contribution in [-0.2, 0) is 6.54 Å². The quantitative estimate of drug-likeness (QED) is 0.344. The molecule has 0 bridgehead atoms. The van der Waals surface area contributed by atoms with Gasteiger partial charge in [-0.05, 0) is 64.6 Å². The maximum atomic E-state index is 6.05. The summed E-state index contributed by atoms with van der Waals surface area (Å²) in [7, 11) is 1.66. The number of fused-ring (bicyclic) bond motifs is 1. The lowest BCUT2D eigenvalue weighted by Crippen LogP contribution is -2.02. The lowest BCUT2D eigenvalue weighted by molar-refractivity contribution is 0.414. The Morgan fingerprint density at radius 3 is 2.41 bits per heavy atom. The first kappa shape index (κ1) is 18.1. The third-order valence-corrected chi connectivity index (χ3v) is 5.09. The van der Waals surface area contributed by atoms with Crippen molar-refractivity contribution >= 4 is 45.2 Å². The monoisotopic (exact) mass is 491 g/mol. The zero-order chi connectivity index (χ0) is 18.8. The number of methoxy groups -OCH3 is 1. The van der Waals surface area contributed by atoms with E-state index < -0.39 is 0 Å². The molecule has 0 radical (unpaired) electrons. The second kappa shape index (κ2) is 7.74. The van der Waals surface area contributed by atoms with Crippen molar-refractivity contribution in [2.45, 2.75) is 6.54 Å². The summed E-state index contributed by atoms with van der Waals surface area (Å²) in [6.07, 6.45) is 1.73. The molecule has 136 valence electrons. The van der Waals surface area contributed by atoms with Crippen LogP contribution in [0.15, 0.2) is 60.8 Å². The first-order valence-corrected chi connectivity index (χ1v) is 9.67. The van der Waals surface area contributed by atoms with Gasteiger partial charge in [-0.25, -0.2) is 9.67 Å². The Labute approximate surface area is 175 Å². The van der Waals surface area contributed by atoms with Gasteiger partial charge in [0.05, 0.1) is 19.0 Å². The molecule has 0 fully saturated rings. The molecular formula is C20H15ClIN3O2. The van der Waals surface area contributed by atoms with Crippen molar-refractivity contribution < 1.29 is 9.47 Å². The number of halogens is 2. The van der Waals surface area contributed by atoms with E-state index >= 15 is 0 Å². The summed E-state index contributed by atoms with van der Waals surface area (Å²) in [6.45, 7) is 0.612. The molecule has 0 aliphatic carbocycles. The fraction of sp³-hybridized carbons (Fsp3) is 0.100. The zero-order valence-electron chi connectivity index (χ0n) is 14.4. The average Bonchev–Trinajstić information content (AvgIpc) is 3.01. The van der Waals surface area contributed by atoms with Gasteiger partial charge in [0.15, 0.2) is 5.65 Å². The predicted molar refractivity (Wildman–Crippen MR) is 114 cm³/mol. The molecule has 0 atom stereocenters. The largest absolute Gasteiger partial charge is 0.497 e. The number of rotatable bonds is 5. The van der Waals surface area contributed by atoms with Crippen molar-refractivity contribution in [1.82, 2.24) is 14.8 Å². The summed E-state index contributed by atoms with van der Waals surface area (Å²) in [5.41, 5.74) is 1.89. The lowest BCUT2D eigenvalue weighted by Gasteiger charge is -2.08. The normalized spacial score (nSPS) is 10.9. The topological polar surface area (TPSA) is 49.2 Å². The van der Waals surface area contributed by atoms with Crippen LogP contribution in [0.25, 0.3) is 11.0 Å². The Hall–Kier alpha value is -2.32. The van der Waals surface area contributed by atoms with Crippen LogP contribution < -0.4 is 9.47 Å². The molecule has 0 aliphatic rings. The van der Waals surface area contributed by atoms with Crippen LogP contribution >= 0.6 is 34.2 Å². The molecule has 4 rings (SSSR count). The fourth-order valence-electron chi connectivity index (χ4n) is 2.76. The van der Waals surface area contributed by atoms with E-state index in [2.05, 4.69) is 32.7 Å². The number of aromatic nitrogens is 3. The molecule has 0 saturated heterocycles. The van der Waals surface area contributed by atoms with E-state index in [1.807, 2.05) is 47.1 Å². The summed E-state index contributed by atoms with van der Waals surface area (Å²) in [5.74, 6) is 2.26. The van der Waals surface area contributed by atoms with Gasteiger partial charge in [-0.1, -0.05) is 23.7 Å². The Morgan fingerprint density at radius 1 is 1.00 bits per heavy atom. The number of nitrogens with zero attached hydrogens (tertiary/aromatic N) is 3. The summed E-state index contributed by atoms with van der Waals surface area (Å²) < 4.78 is 14.0. The summed E-state index contributed by atoms with van der Waals surface area (Å²) >= 11 is 8.16. The van der Waals surface area contributed by atoms with E-state index in [1.54, 1.807) is 25.4 Å². The molecule has 0 spiro atoms. The standard InChI is InChI=1S/C20H15ClIN3O2/c1-26-15-6-2-13(3-7-15)12-25-20-18(19(22)24-25)17(10-11-23-20)27-16-8-4-14(21)5-9-16/h2-11H,12H2,1H3. The van der Waals surface area contributed by atoms with Crippen molar-refractivity contribution in [2.75, 3.05) is 7.11 Å². The Bertz CT molecular complexity index is 1080. The van der Waals surface area contributed by atoms with Gasteiger partial charge in [0, 0.05) is 17.3 Å². The molecule has 2 heterocycles. The molecule has 2 aromatic heterocycles. The van der Waals surface area contributed by atoms with Gasteiger partial charge < -0.3 is 9.47 Å². The average molecular weight is 492 g/mol. The molecule has 0 saturated carbocycles. The lowest BCUT2D eigenvalue weighted by atomic mass is 10.2. The predicted octanol–water partition coefficient (Wildman–Crippen LogP) is 5.54. The van der Waals surface area contributed by atoms with E-state index in [4.69, 9.17) is 21.1 Å². The SMILES string of the molecule is COc1ccc(Cn2nc(I)c3c(Oc4ccc(Cl)cc4)ccnc32)cc1. The van der Waals surface area contributed by atoms with Crippen LogP contribution in [-0.4, -0.2) is 21.9 Å². The highest BCUT2D eigenvalue weighted by atomic mass is 127. The van der Waals surface area contributed by atoms with Crippen molar-refractivity contribution in [1.29, 1.82) is 0 Å². The van der Waals surface area contributed by atoms with Crippen molar-refractivity contribution in [3.63, 3.8) is 0 Å². The second-order valence-corrected chi connectivity index (χ2v) is 7.32. The molecule has 7 heteroatoms. The molecule has 27 heavy (non-hydrogen) atoms. The molecule has 2 aromatic carbocycles. The van der Waals surface area contributed by atoms with E-state index in [0.29, 0.717) is 23.1 Å². The molecule has 0 amide bonds. The number of pyridine rings is 1. The zero-order valence-corrected chi connectivity index (χ0v) is 17.3. The number of hydrogen-bond donors (Lipinski definition) is 0. The maximum absolute atomic E-state index is 6.05. The fourth-order valence-corrected chi connectivity index (χ4v) is 3.65. The first-order chi connectivity index (χ1) is 13.1. The van der Waals surface area contributed by atoms with E-state index in [0.717, 1.165) is 26.0 Å². The Balaban J connectivity index is 1.68. The Kier molecular flexibility index (Phi) is 5.18. The third kappa shape index (κ3) is 3.86. The minimum atomic E-state index is 0.612. The van der Waals surface area contributed by atoms with Gasteiger partial charge in [0.2, 0.25) is 0 Å². The van der Waals surface area contributed by atoms with Gasteiger partial charge in [-0.3, -0.25) is 0 Å². The highest BCUT2D eigenvalue weighted by Crippen LogP contribution is 2.32. The van der Waals surface area contributed by atoms with Crippen LogP contribution in [0.5, 0.6) is 17.2 Å². The first-order valence-electron chi connectivity index (χ1n) is 8.21. The smallest absolute Gasteiger partial charge is 0.163 e. The van der Waals surface area contributed by atoms with Gasteiger partial charge in [-0.2, -0.15) is 5.10 Å². The number of hydrogen-bond acceptors (Lipinski definition) is 4. The van der Waals surface area contributed by atoms with Gasteiger partial charge in [0.1, 0.15) is 20.9 Å². The van der Waals surface area contributed by atoms with E-state index in [1.165, 1.54) is 0 Å². The molecule has 0 aliphatic heterocycles. The highest BCUT2D eigenvalue weighted by Gasteiger charge is 2.15. The minimum absolute atomic E-state index is 0.612. The highest BCUT2D eigenvalue weighted by molar-refractivity contribution is 14.1. The van der Waals surface area contributed by atoms with Crippen LogP contribution in [0.2, 0.25) is 5.02 Å². The third-order valence-electron chi connectivity index (χ3n) is 4.08. The van der Waals surface area contributed by atoms with Gasteiger partial charge in [-0.15, -0.1) is 0 Å². The maximum Gasteiger partial charge on any atom is 0.163 e. The van der Waals surface area contributed by atoms with Gasteiger partial charge in [0.25, 0.3) is 0 Å². The van der Waals surface area contributed by atoms with E-state index in [-0.39, 0.29) is 0 Å². The summed E-state index contributed by atoms with van der Waals surface area (Å²) in [5, 5.41) is 6.21. The second-order valence-electron chi connectivity index (χ2n) is 5.86. The van der Waals surface area contributed by atoms with Crippen molar-refractivity contribution in [3.8, 4) is 17.2 Å². The molecule has 0 N–H and O–H groups in total. The number of ether oxygens (including phenoxy) is 2. The van der Waals surface area contributed by atoms with Crippen LogP contribution in [0.3, 0.4) is 0 Å². The minimum Gasteiger partial charge on any atom is -0.497 e. The Morgan fingerprint density at radius 2 is 1.70 bits per heavy atom. The van der Waals surface area contributed by atoms with Gasteiger partial charge >= 0.3 is 0 Å².